The van der Waals surface area contributed by atoms with Gasteiger partial charge in [-0.25, -0.2) is 0 Å². The van der Waals surface area contributed by atoms with Crippen molar-refractivity contribution in [3.05, 3.63) is 57.6 Å². The molecule has 1 aromatic heterocycles. The van der Waals surface area contributed by atoms with E-state index in [1.807, 2.05) is 13.8 Å². The molecule has 152 valence electrons. The van der Waals surface area contributed by atoms with Gasteiger partial charge in [0.15, 0.2) is 5.76 Å². The third-order valence-electron chi connectivity index (χ3n) is 3.99. The number of aromatic hydroxyl groups is 1. The van der Waals surface area contributed by atoms with Crippen LogP contribution in [-0.2, 0) is 16.1 Å². The Morgan fingerprint density at radius 2 is 2.00 bits per heavy atom. The molecule has 0 bridgehead atoms. The topological polar surface area (TPSA) is 106 Å². The van der Waals surface area contributed by atoms with Crippen molar-refractivity contribution in [2.75, 3.05) is 13.2 Å². The number of carbonyl (C=O) groups is 1. The Kier molecular flexibility index (Phi) is 7.63. The molecule has 1 atom stereocenters. The Balaban J connectivity index is 2.49. The summed E-state index contributed by atoms with van der Waals surface area (Å²) in [5.41, 5.74) is -0.0748. The molecule has 0 aliphatic carbocycles. The molecule has 0 saturated heterocycles. The number of hydrogen-bond acceptors (Lipinski definition) is 7. The lowest BCUT2D eigenvalue weighted by Gasteiger charge is -2.18. The fourth-order valence-electron chi connectivity index (χ4n) is 2.70. The Bertz CT molecular complexity index is 854. The molecule has 1 heterocycles. The van der Waals surface area contributed by atoms with Crippen molar-refractivity contribution in [2.45, 2.75) is 39.7 Å². The van der Waals surface area contributed by atoms with Crippen LogP contribution in [0.25, 0.3) is 0 Å². The van der Waals surface area contributed by atoms with Crippen molar-refractivity contribution in [1.29, 1.82) is 0 Å². The molecule has 0 aliphatic rings. The predicted octanol–water partition coefficient (Wildman–Crippen LogP) is 2.96. The van der Waals surface area contributed by atoms with Gasteiger partial charge < -0.3 is 24.1 Å². The van der Waals surface area contributed by atoms with E-state index in [4.69, 9.17) is 13.9 Å². The molecule has 28 heavy (non-hydrogen) atoms. The van der Waals surface area contributed by atoms with E-state index in [0.717, 1.165) is 6.07 Å². The normalized spacial score (nSPS) is 12.0. The summed E-state index contributed by atoms with van der Waals surface area (Å²) >= 11 is 0. The van der Waals surface area contributed by atoms with Crippen LogP contribution in [0.1, 0.15) is 50.2 Å². The van der Waals surface area contributed by atoms with Crippen LogP contribution in [0.5, 0.6) is 11.5 Å². The molecule has 2 N–H and O–H groups in total. The highest BCUT2D eigenvalue weighted by Crippen LogP contribution is 2.34. The molecule has 7 nitrogen and oxygen atoms in total. The smallest absolute Gasteiger partial charge is 0.306 e. The first-order valence-electron chi connectivity index (χ1n) is 9.20. The zero-order valence-electron chi connectivity index (χ0n) is 16.3. The molecule has 0 saturated carbocycles. The van der Waals surface area contributed by atoms with E-state index in [1.54, 1.807) is 31.2 Å². The van der Waals surface area contributed by atoms with E-state index in [-0.39, 0.29) is 24.5 Å². The molecule has 0 fully saturated rings. The summed E-state index contributed by atoms with van der Waals surface area (Å²) in [6.07, 6.45) is -0.146. The van der Waals surface area contributed by atoms with Gasteiger partial charge >= 0.3 is 5.97 Å². The van der Waals surface area contributed by atoms with Gasteiger partial charge in [-0.05, 0) is 30.5 Å². The van der Waals surface area contributed by atoms with E-state index in [9.17, 15) is 19.8 Å². The molecule has 0 unspecified atom stereocenters. The third kappa shape index (κ3) is 5.60. The quantitative estimate of drug-likeness (QED) is 0.634. The Hall–Kier alpha value is -2.80. The Morgan fingerprint density at radius 3 is 2.64 bits per heavy atom. The van der Waals surface area contributed by atoms with Gasteiger partial charge in [-0.1, -0.05) is 26.0 Å². The number of hydrogen-bond donors (Lipinski definition) is 2. The van der Waals surface area contributed by atoms with E-state index >= 15 is 0 Å². The molecule has 1 aromatic carbocycles. The predicted molar refractivity (Wildman–Crippen MR) is 102 cm³/mol. The van der Waals surface area contributed by atoms with E-state index in [1.165, 1.54) is 0 Å². The first-order valence-corrected chi connectivity index (χ1v) is 9.20. The largest absolute Gasteiger partial charge is 0.502 e. The molecule has 0 amide bonds. The molecule has 0 aliphatic heterocycles. The molecular weight excluding hydrogens is 364 g/mol. The standard InChI is InChI=1S/C21H26O7/c1-4-26-19(24)10-17(21-20(25)18(23)9-16(11-22)28-21)14-6-5-7-15(8-14)27-12-13(2)3/h5-9,13,17,22,25H,4,10-12H2,1-3H3/t17-/m0/s1. The Labute approximate surface area is 163 Å². The minimum absolute atomic E-state index is 0.00105. The van der Waals surface area contributed by atoms with Crippen molar-refractivity contribution in [1.82, 2.24) is 0 Å². The van der Waals surface area contributed by atoms with Gasteiger partial charge in [0, 0.05) is 6.07 Å². The fourth-order valence-corrected chi connectivity index (χ4v) is 2.70. The average Bonchev–Trinajstić information content (AvgIpc) is 2.67. The second-order valence-electron chi connectivity index (χ2n) is 6.79. The lowest BCUT2D eigenvalue weighted by Crippen LogP contribution is -2.15. The summed E-state index contributed by atoms with van der Waals surface area (Å²) in [6.45, 7) is 5.96. The fraction of sp³-hybridized carbons (Fsp3) is 0.429. The second kappa shape index (κ2) is 9.94. The Morgan fingerprint density at radius 1 is 1.25 bits per heavy atom. The summed E-state index contributed by atoms with van der Waals surface area (Å²) in [4.78, 5) is 24.2. The summed E-state index contributed by atoms with van der Waals surface area (Å²) in [5, 5.41) is 19.6. The van der Waals surface area contributed by atoms with Gasteiger partial charge in [-0.3, -0.25) is 9.59 Å². The number of ether oxygens (including phenoxy) is 2. The van der Waals surface area contributed by atoms with Crippen LogP contribution >= 0.6 is 0 Å². The number of carbonyl (C=O) groups excluding carboxylic acids is 1. The van der Waals surface area contributed by atoms with Crippen molar-refractivity contribution in [3.8, 4) is 11.5 Å². The molecule has 0 spiro atoms. The van der Waals surface area contributed by atoms with Gasteiger partial charge in [-0.15, -0.1) is 0 Å². The average molecular weight is 390 g/mol. The first kappa shape index (κ1) is 21.5. The van der Waals surface area contributed by atoms with Crippen LogP contribution < -0.4 is 10.2 Å². The zero-order valence-corrected chi connectivity index (χ0v) is 16.3. The number of benzene rings is 1. The van der Waals surface area contributed by atoms with E-state index in [2.05, 4.69) is 0 Å². The van der Waals surface area contributed by atoms with Crippen molar-refractivity contribution < 1.29 is 28.9 Å². The summed E-state index contributed by atoms with van der Waals surface area (Å²) in [5.74, 6) is -1.04. The highest BCUT2D eigenvalue weighted by atomic mass is 16.5. The molecular formula is C21H26O7. The monoisotopic (exact) mass is 390 g/mol. The van der Waals surface area contributed by atoms with Gasteiger partial charge in [-0.2, -0.15) is 0 Å². The highest BCUT2D eigenvalue weighted by molar-refractivity contribution is 5.71. The van der Waals surface area contributed by atoms with Crippen molar-refractivity contribution in [3.63, 3.8) is 0 Å². The highest BCUT2D eigenvalue weighted by Gasteiger charge is 2.27. The van der Waals surface area contributed by atoms with Crippen LogP contribution in [0, 0.1) is 5.92 Å². The van der Waals surface area contributed by atoms with Crippen LogP contribution in [-0.4, -0.2) is 29.4 Å². The minimum Gasteiger partial charge on any atom is -0.502 e. The van der Waals surface area contributed by atoms with Crippen LogP contribution in [0.2, 0.25) is 0 Å². The maximum absolute atomic E-state index is 12.1. The van der Waals surface area contributed by atoms with Crippen molar-refractivity contribution in [2.24, 2.45) is 5.92 Å². The van der Waals surface area contributed by atoms with Crippen LogP contribution in [0.4, 0.5) is 0 Å². The zero-order chi connectivity index (χ0) is 20.7. The minimum atomic E-state index is -0.777. The molecule has 0 radical (unpaired) electrons. The number of aliphatic hydroxyl groups excluding tert-OH is 1. The van der Waals surface area contributed by atoms with Gasteiger partial charge in [0.25, 0.3) is 0 Å². The summed E-state index contributed by atoms with van der Waals surface area (Å²) in [6, 6.07) is 8.04. The summed E-state index contributed by atoms with van der Waals surface area (Å²) in [7, 11) is 0. The number of aliphatic hydroxyl groups is 1. The maximum atomic E-state index is 12.1. The molecule has 2 rings (SSSR count). The van der Waals surface area contributed by atoms with Gasteiger partial charge in [0.05, 0.1) is 25.6 Å². The van der Waals surface area contributed by atoms with E-state index < -0.39 is 29.7 Å². The first-order chi connectivity index (χ1) is 13.3. The van der Waals surface area contributed by atoms with E-state index in [0.29, 0.717) is 23.8 Å². The maximum Gasteiger partial charge on any atom is 0.306 e. The van der Waals surface area contributed by atoms with Crippen molar-refractivity contribution >= 4 is 5.97 Å². The van der Waals surface area contributed by atoms with Crippen LogP contribution in [0.3, 0.4) is 0 Å². The number of esters is 1. The third-order valence-corrected chi connectivity index (χ3v) is 3.99. The van der Waals surface area contributed by atoms with Crippen LogP contribution in [0.15, 0.2) is 39.5 Å². The van der Waals surface area contributed by atoms with Gasteiger partial charge in [0.2, 0.25) is 11.2 Å². The molecule has 7 heteroatoms. The lowest BCUT2D eigenvalue weighted by atomic mass is 9.92. The number of rotatable bonds is 9. The van der Waals surface area contributed by atoms with Gasteiger partial charge in [0.1, 0.15) is 18.1 Å². The molecule has 2 aromatic rings. The second-order valence-corrected chi connectivity index (χ2v) is 6.79. The summed E-state index contributed by atoms with van der Waals surface area (Å²) < 4.78 is 16.3. The SMILES string of the molecule is CCOC(=O)C[C@@H](c1cccc(OCC(C)C)c1)c1oc(CO)cc(=O)c1O. The lowest BCUT2D eigenvalue weighted by molar-refractivity contribution is -0.143.